The summed E-state index contributed by atoms with van der Waals surface area (Å²) in [5.74, 6) is 3.13. The molecule has 0 saturated heterocycles. The Morgan fingerprint density at radius 1 is 1.12 bits per heavy atom. The number of nitrogens with one attached hydrogen (secondary N) is 1. The van der Waals surface area contributed by atoms with Crippen LogP contribution in [0, 0.1) is 0 Å². The van der Waals surface area contributed by atoms with Crippen molar-refractivity contribution in [2.45, 2.75) is 39.5 Å². The maximum Gasteiger partial charge on any atom is 0.228 e. The van der Waals surface area contributed by atoms with E-state index in [-0.39, 0.29) is 5.92 Å². The second kappa shape index (κ2) is 7.83. The van der Waals surface area contributed by atoms with Gasteiger partial charge in [-0.15, -0.1) is 0 Å². The van der Waals surface area contributed by atoms with Crippen LogP contribution in [-0.2, 0) is 12.8 Å². The molecule has 0 saturated carbocycles. The molecule has 25 heavy (non-hydrogen) atoms. The lowest BCUT2D eigenvalue weighted by molar-refractivity contribution is 0.373. The highest BCUT2D eigenvalue weighted by Gasteiger charge is 2.10. The van der Waals surface area contributed by atoms with Gasteiger partial charge in [0.2, 0.25) is 5.89 Å². The topological polar surface area (TPSA) is 89.6 Å². The molecule has 0 spiro atoms. The lowest BCUT2D eigenvalue weighted by Crippen LogP contribution is -2.08. The van der Waals surface area contributed by atoms with Crippen molar-refractivity contribution in [1.82, 2.24) is 25.1 Å². The molecule has 0 atom stereocenters. The molecule has 3 aromatic rings. The number of aromatic nitrogens is 5. The molecule has 0 aliphatic rings. The molecule has 0 fully saturated rings. The average molecular weight is 338 g/mol. The van der Waals surface area contributed by atoms with Gasteiger partial charge in [-0.25, -0.2) is 9.97 Å². The predicted molar refractivity (Wildman–Crippen MR) is 95.2 cm³/mol. The minimum absolute atomic E-state index is 0.266. The Morgan fingerprint density at radius 3 is 2.60 bits per heavy atom. The van der Waals surface area contributed by atoms with E-state index >= 15 is 0 Å². The Morgan fingerprint density at radius 2 is 1.92 bits per heavy atom. The molecule has 1 N–H and O–H groups in total. The molecule has 7 nitrogen and oxygen atoms in total. The lowest BCUT2D eigenvalue weighted by Gasteiger charge is -2.08. The quantitative estimate of drug-likeness (QED) is 0.707. The third-order valence-electron chi connectivity index (χ3n) is 3.73. The van der Waals surface area contributed by atoms with Crippen molar-refractivity contribution < 1.29 is 4.52 Å². The van der Waals surface area contributed by atoms with Crippen molar-refractivity contribution >= 4 is 5.82 Å². The summed E-state index contributed by atoms with van der Waals surface area (Å²) in [6.07, 6.45) is 4.98. The second-order valence-electron chi connectivity index (χ2n) is 6.04. The van der Waals surface area contributed by atoms with Gasteiger partial charge in [-0.1, -0.05) is 25.9 Å². The van der Waals surface area contributed by atoms with Crippen LogP contribution in [0.25, 0.3) is 11.4 Å². The molecule has 130 valence electrons. The van der Waals surface area contributed by atoms with E-state index in [1.165, 1.54) is 0 Å². The highest BCUT2D eigenvalue weighted by atomic mass is 16.5. The minimum Gasteiger partial charge on any atom is -0.369 e. The zero-order chi connectivity index (χ0) is 17.6. The van der Waals surface area contributed by atoms with Crippen molar-refractivity contribution in [1.29, 1.82) is 0 Å². The van der Waals surface area contributed by atoms with Crippen LogP contribution >= 0.6 is 0 Å². The summed E-state index contributed by atoms with van der Waals surface area (Å²) in [5.41, 5.74) is 1.94. The van der Waals surface area contributed by atoms with E-state index in [1.807, 2.05) is 32.0 Å². The highest BCUT2D eigenvalue weighted by molar-refractivity contribution is 5.56. The van der Waals surface area contributed by atoms with Crippen LogP contribution < -0.4 is 5.32 Å². The van der Waals surface area contributed by atoms with E-state index < -0.39 is 0 Å². The van der Waals surface area contributed by atoms with Gasteiger partial charge >= 0.3 is 0 Å². The largest absolute Gasteiger partial charge is 0.369 e. The van der Waals surface area contributed by atoms with Crippen molar-refractivity contribution in [3.8, 4) is 11.4 Å². The standard InChI is InChI=1S/C18H22N6O/c1-4-14-11-15(22-18(21-14)13-5-8-19-9-6-13)20-10-7-16-23-17(12(2)3)24-25-16/h5-6,8-9,11-12H,4,7,10H2,1-3H3,(H,20,21,22). The molecule has 0 aliphatic heterocycles. The van der Waals surface area contributed by atoms with Crippen molar-refractivity contribution in [3.63, 3.8) is 0 Å². The van der Waals surface area contributed by atoms with Gasteiger partial charge in [0, 0.05) is 48.6 Å². The zero-order valence-electron chi connectivity index (χ0n) is 14.7. The lowest BCUT2D eigenvalue weighted by atomic mass is 10.2. The summed E-state index contributed by atoms with van der Waals surface area (Å²) < 4.78 is 5.26. The molecule has 0 radical (unpaired) electrons. The van der Waals surface area contributed by atoms with Crippen molar-refractivity contribution in [2.24, 2.45) is 0 Å². The van der Waals surface area contributed by atoms with E-state index in [0.29, 0.717) is 24.7 Å². The summed E-state index contributed by atoms with van der Waals surface area (Å²) in [5, 5.41) is 7.30. The summed E-state index contributed by atoms with van der Waals surface area (Å²) in [6, 6.07) is 5.78. The summed E-state index contributed by atoms with van der Waals surface area (Å²) >= 11 is 0. The third kappa shape index (κ3) is 4.37. The monoisotopic (exact) mass is 338 g/mol. The molecule has 7 heteroatoms. The van der Waals surface area contributed by atoms with E-state index in [1.54, 1.807) is 12.4 Å². The molecule has 0 bridgehead atoms. The fourth-order valence-corrected chi connectivity index (χ4v) is 2.30. The van der Waals surface area contributed by atoms with E-state index in [9.17, 15) is 0 Å². The highest BCUT2D eigenvalue weighted by Crippen LogP contribution is 2.17. The first-order chi connectivity index (χ1) is 12.2. The predicted octanol–water partition coefficient (Wildman–Crippen LogP) is 3.26. The Balaban J connectivity index is 1.69. The molecule has 3 aromatic heterocycles. The molecule has 0 aliphatic carbocycles. The summed E-state index contributed by atoms with van der Waals surface area (Å²) in [4.78, 5) is 17.6. The maximum atomic E-state index is 5.26. The molecule has 3 heterocycles. The first kappa shape index (κ1) is 17.0. The van der Waals surface area contributed by atoms with Crippen LogP contribution in [0.5, 0.6) is 0 Å². The molecule has 3 rings (SSSR count). The number of aryl methyl sites for hydroxylation is 1. The SMILES string of the molecule is CCc1cc(NCCc2nc(C(C)C)no2)nc(-c2ccncc2)n1. The van der Waals surface area contributed by atoms with E-state index in [0.717, 1.165) is 29.3 Å². The second-order valence-corrected chi connectivity index (χ2v) is 6.04. The number of hydrogen-bond donors (Lipinski definition) is 1. The molecule has 0 unspecified atom stereocenters. The van der Waals surface area contributed by atoms with Crippen LogP contribution in [0.2, 0.25) is 0 Å². The van der Waals surface area contributed by atoms with E-state index in [4.69, 9.17) is 4.52 Å². The van der Waals surface area contributed by atoms with Crippen LogP contribution in [0.1, 0.15) is 44.1 Å². The van der Waals surface area contributed by atoms with Gasteiger partial charge in [-0.3, -0.25) is 4.98 Å². The van der Waals surface area contributed by atoms with Crippen molar-refractivity contribution in [2.75, 3.05) is 11.9 Å². The average Bonchev–Trinajstić information content (AvgIpc) is 3.11. The molecule has 0 aromatic carbocycles. The first-order valence-corrected chi connectivity index (χ1v) is 8.50. The number of hydrogen-bond acceptors (Lipinski definition) is 7. The van der Waals surface area contributed by atoms with Crippen LogP contribution in [0.3, 0.4) is 0 Å². The number of rotatable bonds is 7. The maximum absolute atomic E-state index is 5.26. The van der Waals surface area contributed by atoms with Gasteiger partial charge < -0.3 is 9.84 Å². The minimum atomic E-state index is 0.266. The number of pyridine rings is 1. The number of nitrogens with zero attached hydrogens (tertiary/aromatic N) is 5. The van der Waals surface area contributed by atoms with E-state index in [2.05, 4.69) is 37.3 Å². The molecular formula is C18H22N6O. The summed E-state index contributed by atoms with van der Waals surface area (Å²) in [6.45, 7) is 6.82. The Labute approximate surface area is 146 Å². The van der Waals surface area contributed by atoms with Gasteiger partial charge in [0.15, 0.2) is 11.6 Å². The smallest absolute Gasteiger partial charge is 0.228 e. The van der Waals surface area contributed by atoms with Gasteiger partial charge in [-0.05, 0) is 18.6 Å². The summed E-state index contributed by atoms with van der Waals surface area (Å²) in [7, 11) is 0. The van der Waals surface area contributed by atoms with Crippen LogP contribution in [0.4, 0.5) is 5.82 Å². The third-order valence-corrected chi connectivity index (χ3v) is 3.73. The number of anilines is 1. The van der Waals surface area contributed by atoms with Gasteiger partial charge in [0.25, 0.3) is 0 Å². The Bertz CT molecular complexity index is 815. The fraction of sp³-hybridized carbons (Fsp3) is 0.389. The normalized spacial score (nSPS) is 11.0. The van der Waals surface area contributed by atoms with Crippen LogP contribution in [0.15, 0.2) is 35.1 Å². The Kier molecular flexibility index (Phi) is 5.33. The van der Waals surface area contributed by atoms with Crippen LogP contribution in [-0.4, -0.2) is 31.6 Å². The Hall–Kier alpha value is -2.83. The molecular weight excluding hydrogens is 316 g/mol. The first-order valence-electron chi connectivity index (χ1n) is 8.50. The van der Waals surface area contributed by atoms with Gasteiger partial charge in [0.05, 0.1) is 0 Å². The molecule has 0 amide bonds. The van der Waals surface area contributed by atoms with Crippen molar-refractivity contribution in [3.05, 3.63) is 48.0 Å². The van der Waals surface area contributed by atoms with Gasteiger partial charge in [0.1, 0.15) is 5.82 Å². The van der Waals surface area contributed by atoms with Gasteiger partial charge in [-0.2, -0.15) is 4.98 Å². The fourth-order valence-electron chi connectivity index (χ4n) is 2.30. The zero-order valence-corrected chi connectivity index (χ0v) is 14.7.